The van der Waals surface area contributed by atoms with Crippen molar-refractivity contribution in [3.05, 3.63) is 24.3 Å². The lowest BCUT2D eigenvalue weighted by atomic mass is 10.0. The molecule has 1 heterocycles. The highest BCUT2D eigenvalue weighted by Crippen LogP contribution is 2.27. The molecule has 0 aliphatic rings. The normalized spacial score (nSPS) is 12.8. The van der Waals surface area contributed by atoms with Crippen LogP contribution in [0.4, 0.5) is 5.13 Å². The molecular weight excluding hydrogens is 248 g/mol. The van der Waals surface area contributed by atoms with Gasteiger partial charge in [0.2, 0.25) is 0 Å². The molecule has 0 saturated carbocycles. The molecule has 1 unspecified atom stereocenters. The van der Waals surface area contributed by atoms with E-state index in [1.54, 1.807) is 11.3 Å². The highest BCUT2D eigenvalue weighted by atomic mass is 32.1. The fourth-order valence-electron chi connectivity index (χ4n) is 1.73. The van der Waals surface area contributed by atoms with Crippen LogP contribution in [0.15, 0.2) is 24.3 Å². The molecule has 18 heavy (non-hydrogen) atoms. The molecule has 0 radical (unpaired) electrons. The number of carbonyl (C=O) groups is 1. The van der Waals surface area contributed by atoms with Gasteiger partial charge in [0.1, 0.15) is 0 Å². The Hall–Kier alpha value is -1.62. The first kappa shape index (κ1) is 12.8. The van der Waals surface area contributed by atoms with Gasteiger partial charge in [-0.3, -0.25) is 4.79 Å². The SMILES string of the molecule is CC(C)C(CC(=O)O)Nc1nc2ccccc2s1. The molecule has 1 atom stereocenters. The summed E-state index contributed by atoms with van der Waals surface area (Å²) in [5.74, 6) is -0.546. The Labute approximate surface area is 110 Å². The van der Waals surface area contributed by atoms with Crippen molar-refractivity contribution in [1.29, 1.82) is 0 Å². The van der Waals surface area contributed by atoms with Crippen molar-refractivity contribution in [1.82, 2.24) is 4.98 Å². The Morgan fingerprint density at radius 2 is 2.17 bits per heavy atom. The first-order valence-corrected chi connectivity index (χ1v) is 6.72. The van der Waals surface area contributed by atoms with Crippen LogP contribution in [-0.2, 0) is 4.79 Å². The number of anilines is 1. The number of aliphatic carboxylic acids is 1. The Bertz CT molecular complexity index is 518. The molecule has 2 aromatic rings. The quantitative estimate of drug-likeness (QED) is 0.870. The lowest BCUT2D eigenvalue weighted by Gasteiger charge is -2.19. The lowest BCUT2D eigenvalue weighted by Crippen LogP contribution is -2.28. The van der Waals surface area contributed by atoms with Crippen LogP contribution in [-0.4, -0.2) is 22.1 Å². The maximum absolute atomic E-state index is 10.8. The van der Waals surface area contributed by atoms with Crippen LogP contribution in [0.1, 0.15) is 20.3 Å². The molecular formula is C13H16N2O2S. The van der Waals surface area contributed by atoms with Crippen molar-refractivity contribution in [2.75, 3.05) is 5.32 Å². The topological polar surface area (TPSA) is 62.2 Å². The summed E-state index contributed by atoms with van der Waals surface area (Å²) in [7, 11) is 0. The van der Waals surface area contributed by atoms with E-state index in [1.165, 1.54) is 0 Å². The van der Waals surface area contributed by atoms with E-state index in [0.717, 1.165) is 15.3 Å². The van der Waals surface area contributed by atoms with Crippen molar-refractivity contribution < 1.29 is 9.90 Å². The number of carboxylic acids is 1. The Morgan fingerprint density at radius 1 is 1.44 bits per heavy atom. The molecule has 0 aliphatic carbocycles. The van der Waals surface area contributed by atoms with Crippen molar-refractivity contribution in [2.24, 2.45) is 5.92 Å². The zero-order chi connectivity index (χ0) is 13.1. The van der Waals surface area contributed by atoms with Gasteiger partial charge in [0.25, 0.3) is 0 Å². The first-order valence-electron chi connectivity index (χ1n) is 5.90. The van der Waals surface area contributed by atoms with Crippen molar-refractivity contribution in [3.8, 4) is 0 Å². The standard InChI is InChI=1S/C13H16N2O2S/c1-8(2)10(7-12(16)17)15-13-14-9-5-3-4-6-11(9)18-13/h3-6,8,10H,7H2,1-2H3,(H,14,15)(H,16,17). The van der Waals surface area contributed by atoms with Crippen LogP contribution in [0.2, 0.25) is 0 Å². The Balaban J connectivity index is 2.17. The maximum Gasteiger partial charge on any atom is 0.305 e. The third kappa shape index (κ3) is 2.98. The monoisotopic (exact) mass is 264 g/mol. The zero-order valence-corrected chi connectivity index (χ0v) is 11.2. The molecule has 0 fully saturated rings. The molecule has 2 N–H and O–H groups in total. The predicted octanol–water partition coefficient (Wildman–Crippen LogP) is 3.21. The van der Waals surface area contributed by atoms with Crippen molar-refractivity contribution in [2.45, 2.75) is 26.3 Å². The number of fused-ring (bicyclic) bond motifs is 1. The minimum Gasteiger partial charge on any atom is -0.481 e. The van der Waals surface area contributed by atoms with E-state index in [4.69, 9.17) is 5.11 Å². The van der Waals surface area contributed by atoms with Gasteiger partial charge >= 0.3 is 5.97 Å². The number of benzene rings is 1. The summed E-state index contributed by atoms with van der Waals surface area (Å²) in [4.78, 5) is 15.3. The summed E-state index contributed by atoms with van der Waals surface area (Å²) in [6, 6.07) is 7.80. The molecule has 96 valence electrons. The Kier molecular flexibility index (Phi) is 3.81. The van der Waals surface area contributed by atoms with E-state index < -0.39 is 5.97 Å². The van der Waals surface area contributed by atoms with Gasteiger partial charge in [-0.1, -0.05) is 37.3 Å². The molecule has 0 bridgehead atoms. The van der Waals surface area contributed by atoms with Gasteiger partial charge in [0.15, 0.2) is 5.13 Å². The van der Waals surface area contributed by atoms with Gasteiger partial charge < -0.3 is 10.4 Å². The minimum absolute atomic E-state index is 0.0944. The van der Waals surface area contributed by atoms with Crippen LogP contribution in [0.3, 0.4) is 0 Å². The third-order valence-corrected chi connectivity index (χ3v) is 3.77. The number of hydrogen-bond donors (Lipinski definition) is 2. The number of nitrogens with zero attached hydrogens (tertiary/aromatic N) is 1. The number of hydrogen-bond acceptors (Lipinski definition) is 4. The van der Waals surface area contributed by atoms with Gasteiger partial charge in [0, 0.05) is 6.04 Å². The van der Waals surface area contributed by atoms with Gasteiger partial charge in [0.05, 0.1) is 16.6 Å². The smallest absolute Gasteiger partial charge is 0.305 e. The number of carboxylic acid groups (broad SMARTS) is 1. The molecule has 0 saturated heterocycles. The Morgan fingerprint density at radius 3 is 2.78 bits per heavy atom. The predicted molar refractivity (Wildman–Crippen MR) is 74.1 cm³/mol. The van der Waals surface area contributed by atoms with Crippen LogP contribution in [0, 0.1) is 5.92 Å². The average Bonchev–Trinajstić information content (AvgIpc) is 2.69. The molecule has 0 aliphatic heterocycles. The molecule has 1 aromatic heterocycles. The van der Waals surface area contributed by atoms with Crippen molar-refractivity contribution in [3.63, 3.8) is 0 Å². The number of rotatable bonds is 5. The summed E-state index contributed by atoms with van der Waals surface area (Å²) in [6.45, 7) is 4.02. The maximum atomic E-state index is 10.8. The van der Waals surface area contributed by atoms with Crippen LogP contribution in [0.25, 0.3) is 10.2 Å². The summed E-state index contributed by atoms with van der Waals surface area (Å²) < 4.78 is 1.11. The summed E-state index contributed by atoms with van der Waals surface area (Å²) in [5.41, 5.74) is 0.947. The average molecular weight is 264 g/mol. The number of nitrogens with one attached hydrogen (secondary N) is 1. The van der Waals surface area contributed by atoms with Gasteiger partial charge in [-0.25, -0.2) is 4.98 Å². The van der Waals surface area contributed by atoms with Gasteiger partial charge in [-0.15, -0.1) is 0 Å². The van der Waals surface area contributed by atoms with Gasteiger partial charge in [-0.05, 0) is 18.1 Å². The van der Waals surface area contributed by atoms with E-state index >= 15 is 0 Å². The molecule has 0 amide bonds. The van der Waals surface area contributed by atoms with Crippen molar-refractivity contribution >= 4 is 32.7 Å². The van der Waals surface area contributed by atoms with E-state index in [1.807, 2.05) is 38.1 Å². The molecule has 1 aromatic carbocycles. The fourth-order valence-corrected chi connectivity index (χ4v) is 2.66. The molecule has 5 heteroatoms. The fraction of sp³-hybridized carbons (Fsp3) is 0.385. The molecule has 0 spiro atoms. The largest absolute Gasteiger partial charge is 0.481 e. The number of thiazole rings is 1. The van der Waals surface area contributed by atoms with Crippen LogP contribution in [0.5, 0.6) is 0 Å². The third-order valence-electron chi connectivity index (χ3n) is 2.80. The highest BCUT2D eigenvalue weighted by Gasteiger charge is 2.18. The first-order chi connectivity index (χ1) is 8.56. The minimum atomic E-state index is -0.790. The highest BCUT2D eigenvalue weighted by molar-refractivity contribution is 7.22. The van der Waals surface area contributed by atoms with E-state index in [-0.39, 0.29) is 18.4 Å². The summed E-state index contributed by atoms with van der Waals surface area (Å²) in [5, 5.41) is 12.9. The number of para-hydroxylation sites is 1. The van der Waals surface area contributed by atoms with E-state index in [9.17, 15) is 4.79 Å². The summed E-state index contributed by atoms with van der Waals surface area (Å²) in [6.07, 6.45) is 0.105. The lowest BCUT2D eigenvalue weighted by molar-refractivity contribution is -0.137. The van der Waals surface area contributed by atoms with Crippen LogP contribution >= 0.6 is 11.3 Å². The summed E-state index contributed by atoms with van der Waals surface area (Å²) >= 11 is 1.55. The van der Waals surface area contributed by atoms with E-state index in [2.05, 4.69) is 10.3 Å². The van der Waals surface area contributed by atoms with Crippen LogP contribution < -0.4 is 5.32 Å². The zero-order valence-electron chi connectivity index (χ0n) is 10.4. The van der Waals surface area contributed by atoms with Gasteiger partial charge in [-0.2, -0.15) is 0 Å². The number of aromatic nitrogens is 1. The molecule has 2 rings (SSSR count). The molecule has 4 nitrogen and oxygen atoms in total. The second-order valence-electron chi connectivity index (χ2n) is 4.58. The van der Waals surface area contributed by atoms with E-state index in [0.29, 0.717) is 0 Å². The second kappa shape index (κ2) is 5.35. The second-order valence-corrected chi connectivity index (χ2v) is 5.61.